The zero-order valence-electron chi connectivity index (χ0n) is 12.8. The van der Waals surface area contributed by atoms with E-state index in [4.69, 9.17) is 5.73 Å². The first-order valence-electron chi connectivity index (χ1n) is 7.47. The number of halogens is 1. The van der Waals surface area contributed by atoms with Gasteiger partial charge in [-0.05, 0) is 37.2 Å². The predicted octanol–water partition coefficient (Wildman–Crippen LogP) is 3.68. The molecule has 0 spiro atoms. The zero-order valence-corrected chi connectivity index (χ0v) is 13.6. The zero-order chi connectivity index (χ0) is 15.0. The lowest BCUT2D eigenvalue weighted by molar-refractivity contribution is 0.323. The lowest BCUT2D eigenvalue weighted by atomic mass is 10.0. The molecule has 0 aliphatic heterocycles. The van der Waals surface area contributed by atoms with Crippen molar-refractivity contribution in [2.24, 2.45) is 5.73 Å². The van der Waals surface area contributed by atoms with E-state index in [-0.39, 0.29) is 17.1 Å². The third kappa shape index (κ3) is 5.43. The maximum Gasteiger partial charge on any atom is 0.123 e. The van der Waals surface area contributed by atoms with Gasteiger partial charge >= 0.3 is 0 Å². The van der Waals surface area contributed by atoms with Crippen LogP contribution in [0.4, 0.5) is 4.39 Å². The second-order valence-corrected chi connectivity index (χ2v) is 6.19. The monoisotopic (exact) mass is 298 g/mol. The number of hydrogen-bond donors (Lipinski definition) is 1. The average Bonchev–Trinajstić information content (AvgIpc) is 2.47. The molecular formula is C16H27FN2S. The highest BCUT2D eigenvalue weighted by atomic mass is 32.2. The molecule has 4 heteroatoms. The van der Waals surface area contributed by atoms with Crippen LogP contribution >= 0.6 is 11.8 Å². The third-order valence-electron chi connectivity index (χ3n) is 3.64. The lowest BCUT2D eigenvalue weighted by Gasteiger charge is -2.25. The topological polar surface area (TPSA) is 29.3 Å². The Morgan fingerprint density at radius 2 is 1.95 bits per heavy atom. The minimum Gasteiger partial charge on any atom is -0.326 e. The molecule has 0 bridgehead atoms. The predicted molar refractivity (Wildman–Crippen MR) is 87.7 cm³/mol. The molecule has 1 aromatic rings. The van der Waals surface area contributed by atoms with E-state index in [1.54, 1.807) is 12.1 Å². The molecule has 0 aromatic heterocycles. The molecular weight excluding hydrogens is 271 g/mol. The molecule has 1 aromatic carbocycles. The molecule has 0 amide bonds. The summed E-state index contributed by atoms with van der Waals surface area (Å²) in [6.45, 7) is 9.64. The summed E-state index contributed by atoms with van der Waals surface area (Å²) >= 11 is 1.84. The molecule has 0 fully saturated rings. The van der Waals surface area contributed by atoms with E-state index in [1.165, 1.54) is 6.07 Å². The summed E-state index contributed by atoms with van der Waals surface area (Å²) in [5.74, 6) is 0.844. The summed E-state index contributed by atoms with van der Waals surface area (Å²) in [6, 6.07) is 6.92. The third-order valence-corrected chi connectivity index (χ3v) is 5.04. The smallest absolute Gasteiger partial charge is 0.123 e. The summed E-state index contributed by atoms with van der Waals surface area (Å²) in [5.41, 5.74) is 7.23. The van der Waals surface area contributed by atoms with E-state index in [2.05, 4.69) is 25.7 Å². The largest absolute Gasteiger partial charge is 0.326 e. The van der Waals surface area contributed by atoms with Gasteiger partial charge in [-0.15, -0.1) is 0 Å². The quantitative estimate of drug-likeness (QED) is 0.754. The van der Waals surface area contributed by atoms with Crippen LogP contribution in [-0.4, -0.2) is 36.3 Å². The Morgan fingerprint density at radius 3 is 2.50 bits per heavy atom. The molecule has 0 saturated carbocycles. The number of hydrogen-bond acceptors (Lipinski definition) is 3. The molecule has 2 unspecified atom stereocenters. The van der Waals surface area contributed by atoms with Crippen LogP contribution in [0.2, 0.25) is 0 Å². The molecule has 2 nitrogen and oxygen atoms in total. The van der Waals surface area contributed by atoms with E-state index in [0.29, 0.717) is 0 Å². The van der Waals surface area contributed by atoms with Gasteiger partial charge in [-0.3, -0.25) is 0 Å². The summed E-state index contributed by atoms with van der Waals surface area (Å²) in [7, 11) is 0. The van der Waals surface area contributed by atoms with Crippen molar-refractivity contribution >= 4 is 11.8 Å². The number of nitrogens with zero attached hydrogens (tertiary/aromatic N) is 1. The van der Waals surface area contributed by atoms with E-state index in [1.807, 2.05) is 17.8 Å². The molecule has 20 heavy (non-hydrogen) atoms. The maximum atomic E-state index is 13.4. The highest BCUT2D eigenvalue weighted by molar-refractivity contribution is 7.99. The van der Waals surface area contributed by atoms with Crippen molar-refractivity contribution in [2.75, 3.05) is 25.4 Å². The number of nitrogens with two attached hydrogens (primary N) is 1. The fourth-order valence-corrected chi connectivity index (χ4v) is 3.61. The highest BCUT2D eigenvalue weighted by Gasteiger charge is 2.19. The SMILES string of the molecule is CCC(N)C(SCCN(CC)CC)c1cccc(F)c1. The van der Waals surface area contributed by atoms with Gasteiger partial charge in [-0.25, -0.2) is 4.39 Å². The Bertz CT molecular complexity index is 382. The summed E-state index contributed by atoms with van der Waals surface area (Å²) in [5, 5.41) is 0.172. The average molecular weight is 298 g/mol. The van der Waals surface area contributed by atoms with Crippen LogP contribution in [0.5, 0.6) is 0 Å². The van der Waals surface area contributed by atoms with Crippen LogP contribution in [0.15, 0.2) is 24.3 Å². The van der Waals surface area contributed by atoms with Gasteiger partial charge in [-0.1, -0.05) is 32.9 Å². The fourth-order valence-electron chi connectivity index (χ4n) is 2.21. The Labute approximate surface area is 126 Å². The first-order valence-corrected chi connectivity index (χ1v) is 8.52. The minimum absolute atomic E-state index is 0.0681. The van der Waals surface area contributed by atoms with Gasteiger partial charge in [0.25, 0.3) is 0 Å². The van der Waals surface area contributed by atoms with E-state index >= 15 is 0 Å². The van der Waals surface area contributed by atoms with E-state index < -0.39 is 0 Å². The Kier molecular flexibility index (Phi) is 8.19. The summed E-state index contributed by atoms with van der Waals surface area (Å²) < 4.78 is 13.4. The van der Waals surface area contributed by atoms with Crippen LogP contribution in [0.25, 0.3) is 0 Å². The molecule has 2 N–H and O–H groups in total. The van der Waals surface area contributed by atoms with Crippen molar-refractivity contribution in [1.82, 2.24) is 4.90 Å². The Morgan fingerprint density at radius 1 is 1.25 bits per heavy atom. The van der Waals surface area contributed by atoms with E-state index in [9.17, 15) is 4.39 Å². The molecule has 0 radical (unpaired) electrons. The van der Waals surface area contributed by atoms with Crippen LogP contribution < -0.4 is 5.73 Å². The molecule has 114 valence electrons. The van der Waals surface area contributed by atoms with E-state index in [0.717, 1.165) is 37.4 Å². The molecule has 0 saturated heterocycles. The summed E-state index contributed by atoms with van der Waals surface area (Å²) in [4.78, 5) is 2.40. The van der Waals surface area contributed by atoms with Crippen LogP contribution in [0.1, 0.15) is 38.0 Å². The number of thioether (sulfide) groups is 1. The van der Waals surface area contributed by atoms with Crippen LogP contribution in [0, 0.1) is 5.82 Å². The van der Waals surface area contributed by atoms with Gasteiger partial charge in [0, 0.05) is 23.6 Å². The van der Waals surface area contributed by atoms with Crippen molar-refractivity contribution in [3.63, 3.8) is 0 Å². The van der Waals surface area contributed by atoms with Gasteiger partial charge in [0.05, 0.1) is 0 Å². The second kappa shape index (κ2) is 9.37. The molecule has 0 aliphatic rings. The maximum absolute atomic E-state index is 13.4. The molecule has 0 heterocycles. The Balaban J connectivity index is 2.66. The van der Waals surface area contributed by atoms with Crippen molar-refractivity contribution < 1.29 is 4.39 Å². The first-order chi connectivity index (χ1) is 9.62. The van der Waals surface area contributed by atoms with Crippen molar-refractivity contribution in [2.45, 2.75) is 38.5 Å². The van der Waals surface area contributed by atoms with Gasteiger partial charge in [0.15, 0.2) is 0 Å². The van der Waals surface area contributed by atoms with Crippen molar-refractivity contribution in [3.05, 3.63) is 35.6 Å². The second-order valence-electron chi connectivity index (χ2n) is 4.95. The van der Waals surface area contributed by atoms with Crippen LogP contribution in [-0.2, 0) is 0 Å². The normalized spacial score (nSPS) is 14.5. The Hall–Kier alpha value is -0.580. The fraction of sp³-hybridized carbons (Fsp3) is 0.625. The minimum atomic E-state index is -0.180. The lowest BCUT2D eigenvalue weighted by Crippen LogP contribution is -2.29. The van der Waals surface area contributed by atoms with Gasteiger partial charge in [0.2, 0.25) is 0 Å². The highest BCUT2D eigenvalue weighted by Crippen LogP contribution is 2.32. The standard InChI is InChI=1S/C16H27FN2S/c1-4-15(18)16(13-8-7-9-14(17)12-13)20-11-10-19(5-2)6-3/h7-9,12,15-16H,4-6,10-11,18H2,1-3H3. The van der Waals surface area contributed by atoms with Gasteiger partial charge in [-0.2, -0.15) is 11.8 Å². The number of benzene rings is 1. The molecule has 1 rings (SSSR count). The first kappa shape index (κ1) is 17.5. The van der Waals surface area contributed by atoms with Crippen molar-refractivity contribution in [3.8, 4) is 0 Å². The summed E-state index contributed by atoms with van der Waals surface area (Å²) in [6.07, 6.45) is 0.902. The molecule has 0 aliphatic carbocycles. The molecule has 2 atom stereocenters. The number of rotatable bonds is 9. The van der Waals surface area contributed by atoms with Gasteiger partial charge < -0.3 is 10.6 Å². The van der Waals surface area contributed by atoms with Gasteiger partial charge in [0.1, 0.15) is 5.82 Å². The van der Waals surface area contributed by atoms with Crippen molar-refractivity contribution in [1.29, 1.82) is 0 Å². The van der Waals surface area contributed by atoms with Crippen LogP contribution in [0.3, 0.4) is 0 Å².